The lowest BCUT2D eigenvalue weighted by Gasteiger charge is -2.41. The molecule has 1 aliphatic heterocycles. The first kappa shape index (κ1) is 16.5. The lowest BCUT2D eigenvalue weighted by Crippen LogP contribution is -2.47. The van der Waals surface area contributed by atoms with E-state index in [9.17, 15) is 4.79 Å². The van der Waals surface area contributed by atoms with Crippen molar-refractivity contribution in [3.63, 3.8) is 0 Å². The zero-order chi connectivity index (χ0) is 17.4. The molecule has 1 aromatic carbocycles. The summed E-state index contributed by atoms with van der Waals surface area (Å²) < 4.78 is 7.93. The third kappa shape index (κ3) is 2.91. The Kier molecular flexibility index (Phi) is 4.21. The van der Waals surface area contributed by atoms with Crippen LogP contribution in [0.25, 0.3) is 0 Å². The van der Waals surface area contributed by atoms with Crippen molar-refractivity contribution in [3.05, 3.63) is 52.3 Å². The van der Waals surface area contributed by atoms with E-state index in [0.29, 0.717) is 24.6 Å². The first-order chi connectivity index (χ1) is 12.1. The Bertz CT molecular complexity index is 820. The van der Waals surface area contributed by atoms with Crippen LogP contribution in [0, 0.1) is 0 Å². The van der Waals surface area contributed by atoms with Crippen LogP contribution in [0.5, 0.6) is 0 Å². The monoisotopic (exact) mass is 402 g/mol. The second-order valence-corrected chi connectivity index (χ2v) is 7.56. The smallest absolute Gasteiger partial charge is 0.281 e. The molecule has 6 nitrogen and oxygen atoms in total. The third-order valence-corrected chi connectivity index (χ3v) is 5.69. The van der Waals surface area contributed by atoms with Gasteiger partial charge in [0.25, 0.3) is 5.91 Å². The van der Waals surface area contributed by atoms with Crippen molar-refractivity contribution in [2.24, 2.45) is 10.7 Å². The molecule has 0 spiro atoms. The van der Waals surface area contributed by atoms with E-state index in [2.05, 4.69) is 26.0 Å². The maximum absolute atomic E-state index is 12.5. The van der Waals surface area contributed by atoms with Gasteiger partial charge in [-0.15, -0.1) is 0 Å². The van der Waals surface area contributed by atoms with E-state index in [-0.39, 0.29) is 17.4 Å². The van der Waals surface area contributed by atoms with Crippen LogP contribution in [0.15, 0.2) is 46.1 Å². The van der Waals surface area contributed by atoms with Crippen molar-refractivity contribution in [1.29, 1.82) is 0 Å². The minimum atomic E-state index is -0.340. The fourth-order valence-corrected chi connectivity index (χ4v) is 3.56. The number of aromatic nitrogens is 2. The zero-order valence-corrected chi connectivity index (χ0v) is 15.3. The molecule has 1 amide bonds. The molecule has 1 aromatic heterocycles. The van der Waals surface area contributed by atoms with Gasteiger partial charge < -0.3 is 10.5 Å². The number of amides is 1. The van der Waals surface area contributed by atoms with E-state index < -0.39 is 0 Å². The summed E-state index contributed by atoms with van der Waals surface area (Å²) in [6, 6.07) is 8.29. The summed E-state index contributed by atoms with van der Waals surface area (Å²) in [5.41, 5.74) is 7.54. The first-order valence-electron chi connectivity index (χ1n) is 8.35. The zero-order valence-electron chi connectivity index (χ0n) is 13.7. The third-order valence-electron chi connectivity index (χ3n) is 5.16. The number of amidine groups is 1. The summed E-state index contributed by atoms with van der Waals surface area (Å²) in [6.07, 6.45) is 6.18. The van der Waals surface area contributed by atoms with Gasteiger partial charge in [0.15, 0.2) is 0 Å². The Hall–Kier alpha value is -1.99. The summed E-state index contributed by atoms with van der Waals surface area (Å²) in [5.74, 6) is 0.0539. The van der Waals surface area contributed by atoms with Crippen molar-refractivity contribution in [3.8, 4) is 0 Å². The topological polar surface area (TPSA) is 82.5 Å². The van der Waals surface area contributed by atoms with Crippen molar-refractivity contribution >= 4 is 27.7 Å². The molecule has 25 heavy (non-hydrogen) atoms. The van der Waals surface area contributed by atoms with Crippen LogP contribution in [-0.2, 0) is 10.2 Å². The van der Waals surface area contributed by atoms with Crippen LogP contribution >= 0.6 is 15.9 Å². The van der Waals surface area contributed by atoms with E-state index in [1.165, 1.54) is 0 Å². The minimum absolute atomic E-state index is 0.212. The van der Waals surface area contributed by atoms with Crippen LogP contribution in [0.1, 0.15) is 41.2 Å². The Balaban J connectivity index is 1.57. The summed E-state index contributed by atoms with van der Waals surface area (Å²) in [4.78, 5) is 16.7. The minimum Gasteiger partial charge on any atom is -0.386 e. The number of nitrogens with zero attached hydrogens (tertiary/aromatic N) is 3. The summed E-state index contributed by atoms with van der Waals surface area (Å²) in [7, 11) is 0. The maximum atomic E-state index is 12.5. The highest BCUT2D eigenvalue weighted by atomic mass is 79.9. The van der Waals surface area contributed by atoms with E-state index in [4.69, 9.17) is 10.5 Å². The van der Waals surface area contributed by atoms with Crippen LogP contribution in [-0.4, -0.2) is 34.7 Å². The molecule has 1 saturated carbocycles. The van der Waals surface area contributed by atoms with E-state index in [1.807, 2.05) is 24.3 Å². The quantitative estimate of drug-likeness (QED) is 0.629. The molecule has 7 heteroatoms. The SMILES string of the molecule is NC(=NC(=O)c1cnn(C2COC2)c1)C1(c2ccc(Br)cc2)CCC1. The molecule has 2 fully saturated rings. The molecule has 4 rings (SSSR count). The fourth-order valence-electron chi connectivity index (χ4n) is 3.30. The Morgan fingerprint density at radius 2 is 2.04 bits per heavy atom. The Morgan fingerprint density at radius 3 is 2.60 bits per heavy atom. The van der Waals surface area contributed by atoms with Gasteiger partial charge in [-0.3, -0.25) is 9.48 Å². The number of ether oxygens (including phenoxy) is 1. The predicted molar refractivity (Wildman–Crippen MR) is 97.7 cm³/mol. The molecule has 2 heterocycles. The van der Waals surface area contributed by atoms with Gasteiger partial charge in [0, 0.05) is 10.7 Å². The molecule has 0 unspecified atom stereocenters. The van der Waals surface area contributed by atoms with Gasteiger partial charge in [0.05, 0.1) is 36.4 Å². The largest absolute Gasteiger partial charge is 0.386 e. The highest BCUT2D eigenvalue weighted by Gasteiger charge is 2.42. The fraction of sp³-hybridized carbons (Fsp3) is 0.389. The number of rotatable bonds is 4. The van der Waals surface area contributed by atoms with Gasteiger partial charge in [0.1, 0.15) is 5.84 Å². The highest BCUT2D eigenvalue weighted by Crippen LogP contribution is 2.44. The predicted octanol–water partition coefficient (Wildman–Crippen LogP) is 2.84. The average molecular weight is 403 g/mol. The second-order valence-electron chi connectivity index (χ2n) is 6.65. The highest BCUT2D eigenvalue weighted by molar-refractivity contribution is 9.10. The number of carbonyl (C=O) groups excluding carboxylic acids is 1. The average Bonchev–Trinajstić information content (AvgIpc) is 2.95. The van der Waals surface area contributed by atoms with Crippen molar-refractivity contribution in [1.82, 2.24) is 9.78 Å². The number of hydrogen-bond acceptors (Lipinski definition) is 3. The molecular formula is C18H19BrN4O2. The van der Waals surface area contributed by atoms with Gasteiger partial charge in [-0.05, 0) is 30.5 Å². The molecule has 2 aromatic rings. The molecule has 1 aliphatic carbocycles. The maximum Gasteiger partial charge on any atom is 0.281 e. The lowest BCUT2D eigenvalue weighted by atomic mass is 9.63. The Morgan fingerprint density at radius 1 is 1.32 bits per heavy atom. The van der Waals surface area contributed by atoms with Gasteiger partial charge >= 0.3 is 0 Å². The van der Waals surface area contributed by atoms with Crippen LogP contribution in [0.2, 0.25) is 0 Å². The van der Waals surface area contributed by atoms with Crippen molar-refractivity contribution < 1.29 is 9.53 Å². The number of carbonyl (C=O) groups is 1. The van der Waals surface area contributed by atoms with E-state index in [0.717, 1.165) is 29.3 Å². The van der Waals surface area contributed by atoms with Crippen LogP contribution in [0.3, 0.4) is 0 Å². The molecular weight excluding hydrogens is 384 g/mol. The second kappa shape index (κ2) is 6.38. The van der Waals surface area contributed by atoms with Gasteiger partial charge in [-0.2, -0.15) is 10.1 Å². The van der Waals surface area contributed by atoms with Crippen LogP contribution in [0.4, 0.5) is 0 Å². The summed E-state index contributed by atoms with van der Waals surface area (Å²) in [6.45, 7) is 1.26. The van der Waals surface area contributed by atoms with Gasteiger partial charge in [0.2, 0.25) is 0 Å². The molecule has 2 aliphatic rings. The molecule has 0 bridgehead atoms. The molecule has 1 saturated heterocycles. The molecule has 0 atom stereocenters. The number of aliphatic imine (C=N–C) groups is 1. The number of halogens is 1. The summed E-state index contributed by atoms with van der Waals surface area (Å²) in [5, 5.41) is 4.23. The Labute approximate surface area is 154 Å². The van der Waals surface area contributed by atoms with E-state index in [1.54, 1.807) is 17.1 Å². The lowest BCUT2D eigenvalue weighted by molar-refractivity contribution is -0.0286. The van der Waals surface area contributed by atoms with E-state index >= 15 is 0 Å². The van der Waals surface area contributed by atoms with Crippen molar-refractivity contribution in [2.75, 3.05) is 13.2 Å². The van der Waals surface area contributed by atoms with Crippen LogP contribution < -0.4 is 5.73 Å². The molecule has 0 radical (unpaired) electrons. The van der Waals surface area contributed by atoms with Crippen molar-refractivity contribution in [2.45, 2.75) is 30.7 Å². The van der Waals surface area contributed by atoms with Gasteiger partial charge in [-0.25, -0.2) is 0 Å². The number of nitrogens with two attached hydrogens (primary N) is 1. The van der Waals surface area contributed by atoms with Gasteiger partial charge in [-0.1, -0.05) is 34.5 Å². The number of benzene rings is 1. The molecule has 2 N–H and O–H groups in total. The normalized spacial score (nSPS) is 20.0. The first-order valence-corrected chi connectivity index (χ1v) is 9.15. The number of hydrogen-bond donors (Lipinski definition) is 1. The summed E-state index contributed by atoms with van der Waals surface area (Å²) >= 11 is 3.45. The molecule has 130 valence electrons. The standard InChI is InChI=1S/C18H19BrN4O2/c19-14-4-2-13(3-5-14)18(6-1-7-18)17(20)22-16(24)12-8-21-23(9-12)15-10-25-11-15/h2-5,8-9,15H,1,6-7,10-11H2,(H2,20,22,24).